The van der Waals surface area contributed by atoms with Gasteiger partial charge in [-0.15, -0.1) is 10.2 Å². The number of benzene rings is 2. The average molecular weight is 530 g/mol. The summed E-state index contributed by atoms with van der Waals surface area (Å²) in [4.78, 5) is 41.3. The topological polar surface area (TPSA) is 133 Å². The molecule has 0 fully saturated rings. The Bertz CT molecular complexity index is 1740. The molecule has 0 aliphatic heterocycles. The van der Waals surface area contributed by atoms with Gasteiger partial charge in [0, 0.05) is 11.8 Å². The molecule has 14 heteroatoms. The molecule has 37 heavy (non-hydrogen) atoms. The number of H-pyrrole nitrogens is 1. The third-order valence-corrected chi connectivity index (χ3v) is 6.22. The highest BCUT2D eigenvalue weighted by Crippen LogP contribution is 2.38. The van der Waals surface area contributed by atoms with Gasteiger partial charge in [0.2, 0.25) is 11.5 Å². The summed E-state index contributed by atoms with van der Waals surface area (Å²) >= 11 is 0. The van der Waals surface area contributed by atoms with E-state index in [-0.39, 0.29) is 40.6 Å². The summed E-state index contributed by atoms with van der Waals surface area (Å²) in [5.74, 6) is -0.0000302. The lowest BCUT2D eigenvalue weighted by atomic mass is 10.1. The standard InChI is InChI=1S/C23H18F3N6O4P/c1-3-36-22(37(34)35)20-30-29-19-21(33)28-15-9-14(23(24,25)26)16(10-17(15)32(19)20)31-11-12(2)27-18(31)13-7-5-4-6-8-13/h4-11H,3H2,1-2H3,(H,28,33)(H,34,35). The molecule has 1 unspecified atom stereocenters. The number of halogens is 3. The second-order valence-electron chi connectivity index (χ2n) is 7.97. The van der Waals surface area contributed by atoms with Gasteiger partial charge in [-0.3, -0.25) is 13.8 Å². The van der Waals surface area contributed by atoms with E-state index in [1.807, 2.05) is 0 Å². The Labute approximate surface area is 207 Å². The van der Waals surface area contributed by atoms with Crippen LogP contribution in [0.5, 0.6) is 0 Å². The Morgan fingerprint density at radius 3 is 2.59 bits per heavy atom. The zero-order valence-corrected chi connectivity index (χ0v) is 20.2. The van der Waals surface area contributed by atoms with Crippen molar-refractivity contribution in [1.82, 2.24) is 29.1 Å². The number of hydrogen-bond donors (Lipinski definition) is 2. The van der Waals surface area contributed by atoms with Crippen molar-refractivity contribution in [2.45, 2.75) is 20.0 Å². The van der Waals surface area contributed by atoms with Crippen molar-refractivity contribution in [3.8, 4) is 17.1 Å². The molecular weight excluding hydrogens is 512 g/mol. The van der Waals surface area contributed by atoms with Crippen LogP contribution in [0.25, 0.3) is 33.8 Å². The Hall–Kier alpha value is -3.90. The number of imidazole rings is 1. The monoisotopic (exact) mass is 530 g/mol. The smallest absolute Gasteiger partial charge is 0.418 e. The maximum absolute atomic E-state index is 14.3. The predicted molar refractivity (Wildman–Crippen MR) is 128 cm³/mol. The van der Waals surface area contributed by atoms with Crippen LogP contribution in [0.4, 0.5) is 13.2 Å². The van der Waals surface area contributed by atoms with Gasteiger partial charge in [0.15, 0.2) is 0 Å². The fourth-order valence-corrected chi connectivity index (χ4v) is 4.63. The molecule has 0 aliphatic carbocycles. The Balaban J connectivity index is 1.92. The Kier molecular flexibility index (Phi) is 6.16. The third-order valence-electron chi connectivity index (χ3n) is 5.54. The molecule has 190 valence electrons. The molecular formula is C23H18F3N6O4P. The second kappa shape index (κ2) is 9.20. The number of aromatic nitrogens is 6. The fraction of sp³-hybridized carbons (Fsp3) is 0.174. The molecule has 0 aliphatic rings. The van der Waals surface area contributed by atoms with Crippen molar-refractivity contribution < 1.29 is 27.7 Å². The van der Waals surface area contributed by atoms with E-state index in [1.54, 1.807) is 44.2 Å². The van der Waals surface area contributed by atoms with Crippen molar-refractivity contribution in [2.75, 3.05) is 6.61 Å². The van der Waals surface area contributed by atoms with Crippen LogP contribution in [-0.4, -0.2) is 46.1 Å². The number of fused-ring (bicyclic) bond motifs is 3. The highest BCUT2D eigenvalue weighted by molar-refractivity contribution is 7.45. The first-order chi connectivity index (χ1) is 17.6. The second-order valence-corrected chi connectivity index (χ2v) is 8.93. The predicted octanol–water partition coefficient (Wildman–Crippen LogP) is 2.93. The zero-order chi connectivity index (χ0) is 26.5. The molecule has 2 N–H and O–H groups in total. The number of ether oxygens (including phenoxy) is 1. The summed E-state index contributed by atoms with van der Waals surface area (Å²) in [6.07, 6.45) is -3.33. The third kappa shape index (κ3) is 4.31. The van der Waals surface area contributed by atoms with Gasteiger partial charge in [0.05, 0.1) is 34.6 Å². The van der Waals surface area contributed by atoms with Crippen LogP contribution in [0.15, 0.2) is 53.5 Å². The van der Waals surface area contributed by atoms with Crippen molar-refractivity contribution in [3.05, 3.63) is 76.1 Å². The van der Waals surface area contributed by atoms with Gasteiger partial charge in [-0.25, -0.2) is 4.98 Å². The summed E-state index contributed by atoms with van der Waals surface area (Å²) in [6, 6.07) is 10.7. The maximum atomic E-state index is 14.3. The van der Waals surface area contributed by atoms with E-state index in [0.29, 0.717) is 11.3 Å². The summed E-state index contributed by atoms with van der Waals surface area (Å²) in [5, 5.41) is 7.62. The summed E-state index contributed by atoms with van der Waals surface area (Å²) in [5.41, 5.74) is -1.94. The van der Waals surface area contributed by atoms with Crippen LogP contribution in [0.2, 0.25) is 0 Å². The fourth-order valence-electron chi connectivity index (χ4n) is 4.08. The van der Waals surface area contributed by atoms with Gasteiger partial charge in [-0.2, -0.15) is 18.1 Å². The van der Waals surface area contributed by atoms with E-state index in [1.165, 1.54) is 16.8 Å². The lowest BCUT2D eigenvalue weighted by molar-refractivity contribution is -0.168. The quantitative estimate of drug-likeness (QED) is 0.334. The molecule has 0 radical (unpaired) electrons. The van der Waals surface area contributed by atoms with E-state index in [4.69, 9.17) is 4.74 Å². The van der Waals surface area contributed by atoms with Crippen LogP contribution in [0.1, 0.15) is 24.0 Å². The first-order valence-electron chi connectivity index (χ1n) is 10.9. The SMILES string of the molecule is CCO/C(c1nnc2c(=O)[nH]c3cc(C(F)(F)F)c(-n4cc(C)nc4-c4ccccc4)cc3n12)=[P+](\[O-])O. The maximum Gasteiger partial charge on any atom is 0.418 e. The molecule has 0 bridgehead atoms. The zero-order valence-electron chi connectivity index (χ0n) is 19.3. The average Bonchev–Trinajstić information content (AvgIpc) is 3.46. The first kappa shape index (κ1) is 24.8. The normalized spacial score (nSPS) is 12.9. The minimum absolute atomic E-state index is 0.00518. The number of alkyl halides is 3. The lowest BCUT2D eigenvalue weighted by Crippen LogP contribution is -2.18. The number of hydrogen-bond acceptors (Lipinski definition) is 7. The van der Waals surface area contributed by atoms with E-state index in [9.17, 15) is 27.8 Å². The summed E-state index contributed by atoms with van der Waals surface area (Å²) < 4.78 is 50.6. The van der Waals surface area contributed by atoms with E-state index in [2.05, 4.69) is 20.2 Å². The van der Waals surface area contributed by atoms with Gasteiger partial charge in [-0.05, 0) is 26.0 Å². The van der Waals surface area contributed by atoms with Gasteiger partial charge in [0.1, 0.15) is 5.82 Å². The Morgan fingerprint density at radius 2 is 1.95 bits per heavy atom. The molecule has 1 atom stereocenters. The largest absolute Gasteiger partial charge is 0.601 e. The molecule has 0 amide bonds. The van der Waals surface area contributed by atoms with E-state index < -0.39 is 30.8 Å². The molecule has 3 aromatic heterocycles. The van der Waals surface area contributed by atoms with Crippen molar-refractivity contribution in [2.24, 2.45) is 0 Å². The Morgan fingerprint density at radius 1 is 1.22 bits per heavy atom. The number of aryl methyl sites for hydroxylation is 1. The first-order valence-corrected chi connectivity index (χ1v) is 12.1. The minimum Gasteiger partial charge on any atom is -0.601 e. The number of rotatable bonds is 5. The highest BCUT2D eigenvalue weighted by atomic mass is 31.1. The summed E-state index contributed by atoms with van der Waals surface area (Å²) in [6.45, 7) is 3.24. The van der Waals surface area contributed by atoms with Crippen LogP contribution in [-0.2, 0) is 10.9 Å². The lowest BCUT2D eigenvalue weighted by Gasteiger charge is -2.17. The number of nitrogens with zero attached hydrogens (tertiary/aromatic N) is 5. The summed E-state index contributed by atoms with van der Waals surface area (Å²) in [7, 11) is -3.05. The number of aromatic amines is 1. The molecule has 5 aromatic rings. The van der Waals surface area contributed by atoms with Crippen LogP contribution in [0, 0.1) is 6.92 Å². The molecule has 3 heterocycles. The van der Waals surface area contributed by atoms with E-state index in [0.717, 1.165) is 10.5 Å². The van der Waals surface area contributed by atoms with Crippen molar-refractivity contribution in [1.29, 1.82) is 0 Å². The molecule has 2 aromatic carbocycles. The number of nitrogens with one attached hydrogen (secondary N) is 1. The van der Waals surface area contributed by atoms with E-state index >= 15 is 0 Å². The molecule has 5 rings (SSSR count). The van der Waals surface area contributed by atoms with Gasteiger partial charge in [0.25, 0.3) is 13.6 Å². The van der Waals surface area contributed by atoms with Crippen LogP contribution >= 0.6 is 8.00 Å². The molecule has 0 saturated heterocycles. The van der Waals surface area contributed by atoms with Crippen molar-refractivity contribution >= 4 is 30.2 Å². The van der Waals surface area contributed by atoms with Gasteiger partial charge < -0.3 is 14.6 Å². The molecule has 10 nitrogen and oxygen atoms in total. The molecule has 0 spiro atoms. The highest BCUT2D eigenvalue weighted by Gasteiger charge is 2.36. The van der Waals surface area contributed by atoms with Crippen molar-refractivity contribution in [3.63, 3.8) is 0 Å². The minimum atomic E-state index is -4.80. The van der Waals surface area contributed by atoms with Crippen LogP contribution in [0.3, 0.4) is 0 Å². The van der Waals surface area contributed by atoms with Gasteiger partial charge >= 0.3 is 11.7 Å². The molecule has 0 saturated carbocycles. The van der Waals surface area contributed by atoms with Gasteiger partial charge in [-0.1, -0.05) is 30.3 Å². The van der Waals surface area contributed by atoms with Crippen LogP contribution < -0.4 is 10.5 Å².